The first kappa shape index (κ1) is 13.6. The van der Waals surface area contributed by atoms with Crippen molar-refractivity contribution in [2.24, 2.45) is 11.7 Å². The summed E-state index contributed by atoms with van der Waals surface area (Å²) in [6, 6.07) is 5.64. The van der Waals surface area contributed by atoms with Crippen LogP contribution in [0, 0.1) is 5.92 Å². The first-order valence-corrected chi connectivity index (χ1v) is 8.32. The van der Waals surface area contributed by atoms with Crippen LogP contribution in [0.4, 0.5) is 0 Å². The summed E-state index contributed by atoms with van der Waals surface area (Å²) >= 11 is 1.86. The predicted octanol–water partition coefficient (Wildman–Crippen LogP) is 2.47. The van der Waals surface area contributed by atoms with E-state index in [2.05, 4.69) is 22.4 Å². The van der Waals surface area contributed by atoms with Crippen LogP contribution in [-0.2, 0) is 11.3 Å². The van der Waals surface area contributed by atoms with E-state index in [4.69, 9.17) is 10.5 Å². The van der Waals surface area contributed by atoms with Crippen LogP contribution < -0.4 is 5.73 Å². The van der Waals surface area contributed by atoms with E-state index in [-0.39, 0.29) is 0 Å². The summed E-state index contributed by atoms with van der Waals surface area (Å²) in [7, 11) is 0. The number of thiophene rings is 1. The van der Waals surface area contributed by atoms with E-state index < -0.39 is 0 Å². The zero-order chi connectivity index (χ0) is 13.1. The standard InChI is InChI=1S/C15H24N2OS/c16-9-15(12-3-1-7-18-11-12)17(13-5-6-13)10-14-4-2-8-19-14/h2,4,8,12-13,15H,1,3,5-7,9-11,16H2. The molecule has 0 aromatic carbocycles. The van der Waals surface area contributed by atoms with Crippen molar-refractivity contribution in [2.45, 2.75) is 44.3 Å². The van der Waals surface area contributed by atoms with Crippen molar-refractivity contribution in [3.63, 3.8) is 0 Å². The summed E-state index contributed by atoms with van der Waals surface area (Å²) in [4.78, 5) is 4.12. The van der Waals surface area contributed by atoms with Gasteiger partial charge in [-0.15, -0.1) is 11.3 Å². The number of hydrogen-bond acceptors (Lipinski definition) is 4. The van der Waals surface area contributed by atoms with Crippen LogP contribution in [0.3, 0.4) is 0 Å². The molecule has 1 saturated carbocycles. The van der Waals surface area contributed by atoms with Gasteiger partial charge in [0.05, 0.1) is 6.61 Å². The lowest BCUT2D eigenvalue weighted by Gasteiger charge is -2.38. The molecule has 0 bridgehead atoms. The third-order valence-electron chi connectivity index (χ3n) is 4.34. The largest absolute Gasteiger partial charge is 0.381 e. The molecule has 19 heavy (non-hydrogen) atoms. The fourth-order valence-corrected chi connectivity index (χ4v) is 3.89. The Morgan fingerprint density at radius 3 is 2.89 bits per heavy atom. The maximum atomic E-state index is 6.11. The summed E-state index contributed by atoms with van der Waals surface area (Å²) in [5, 5.41) is 2.17. The minimum atomic E-state index is 0.495. The van der Waals surface area contributed by atoms with Crippen LogP contribution in [0.5, 0.6) is 0 Å². The molecule has 1 aliphatic heterocycles. The zero-order valence-electron chi connectivity index (χ0n) is 11.5. The van der Waals surface area contributed by atoms with Gasteiger partial charge in [-0.3, -0.25) is 4.90 Å². The SMILES string of the molecule is NCC(C1CCCOC1)N(Cc1cccs1)C1CC1. The van der Waals surface area contributed by atoms with Gasteiger partial charge in [0.25, 0.3) is 0 Å². The fourth-order valence-electron chi connectivity index (χ4n) is 3.17. The van der Waals surface area contributed by atoms with E-state index in [1.54, 1.807) is 0 Å². The van der Waals surface area contributed by atoms with Crippen LogP contribution in [0.1, 0.15) is 30.6 Å². The van der Waals surface area contributed by atoms with E-state index in [1.807, 2.05) is 11.3 Å². The number of nitrogens with two attached hydrogens (primary N) is 1. The van der Waals surface area contributed by atoms with E-state index in [1.165, 1.54) is 30.6 Å². The Morgan fingerprint density at radius 1 is 1.42 bits per heavy atom. The van der Waals surface area contributed by atoms with Crippen molar-refractivity contribution in [2.75, 3.05) is 19.8 Å². The van der Waals surface area contributed by atoms with Crippen LogP contribution in [0.25, 0.3) is 0 Å². The van der Waals surface area contributed by atoms with Crippen molar-refractivity contribution in [1.82, 2.24) is 4.90 Å². The molecule has 1 aromatic heterocycles. The fraction of sp³-hybridized carbons (Fsp3) is 0.733. The molecule has 2 unspecified atom stereocenters. The molecule has 0 amide bonds. The molecule has 4 heteroatoms. The number of rotatable bonds is 6. The van der Waals surface area contributed by atoms with Crippen LogP contribution in [0.15, 0.2) is 17.5 Å². The summed E-state index contributed by atoms with van der Waals surface area (Å²) in [5.74, 6) is 0.624. The maximum Gasteiger partial charge on any atom is 0.0509 e. The third kappa shape index (κ3) is 3.37. The average molecular weight is 280 g/mol. The Kier molecular flexibility index (Phi) is 4.53. The minimum Gasteiger partial charge on any atom is -0.381 e. The van der Waals surface area contributed by atoms with Gasteiger partial charge >= 0.3 is 0 Å². The second kappa shape index (κ2) is 6.35. The van der Waals surface area contributed by atoms with Gasteiger partial charge in [0.2, 0.25) is 0 Å². The summed E-state index contributed by atoms with van der Waals surface area (Å²) in [5.41, 5.74) is 6.11. The Hall–Kier alpha value is -0.420. The molecule has 3 nitrogen and oxygen atoms in total. The summed E-state index contributed by atoms with van der Waals surface area (Å²) < 4.78 is 5.67. The molecule has 2 N–H and O–H groups in total. The number of ether oxygens (including phenoxy) is 1. The lowest BCUT2D eigenvalue weighted by Crippen LogP contribution is -2.48. The Morgan fingerprint density at radius 2 is 2.32 bits per heavy atom. The topological polar surface area (TPSA) is 38.5 Å². The van der Waals surface area contributed by atoms with Gasteiger partial charge in [-0.2, -0.15) is 0 Å². The van der Waals surface area contributed by atoms with E-state index >= 15 is 0 Å². The van der Waals surface area contributed by atoms with Crippen LogP contribution >= 0.6 is 11.3 Å². The number of hydrogen-bond donors (Lipinski definition) is 1. The molecule has 106 valence electrons. The lowest BCUT2D eigenvalue weighted by molar-refractivity contribution is 0.00669. The van der Waals surface area contributed by atoms with Crippen LogP contribution in [0.2, 0.25) is 0 Å². The molecule has 0 radical (unpaired) electrons. The quantitative estimate of drug-likeness (QED) is 0.870. The molecule has 1 saturated heterocycles. The lowest BCUT2D eigenvalue weighted by atomic mass is 9.92. The second-order valence-electron chi connectivity index (χ2n) is 5.76. The monoisotopic (exact) mass is 280 g/mol. The van der Waals surface area contributed by atoms with Gasteiger partial charge in [0, 0.05) is 36.7 Å². The molecule has 2 fully saturated rings. The van der Waals surface area contributed by atoms with Gasteiger partial charge in [-0.05, 0) is 43.0 Å². The Labute approximate surface area is 119 Å². The molecule has 1 aromatic rings. The van der Waals surface area contributed by atoms with E-state index in [9.17, 15) is 0 Å². The van der Waals surface area contributed by atoms with Gasteiger partial charge in [-0.1, -0.05) is 6.07 Å². The molecule has 3 rings (SSSR count). The highest BCUT2D eigenvalue weighted by Gasteiger charge is 2.37. The van der Waals surface area contributed by atoms with Crippen molar-refractivity contribution in [1.29, 1.82) is 0 Å². The first-order chi connectivity index (χ1) is 9.38. The van der Waals surface area contributed by atoms with Gasteiger partial charge < -0.3 is 10.5 Å². The summed E-state index contributed by atoms with van der Waals surface area (Å²) in [6.07, 6.45) is 5.15. The van der Waals surface area contributed by atoms with Gasteiger partial charge in [0.1, 0.15) is 0 Å². The van der Waals surface area contributed by atoms with E-state index in [0.717, 1.165) is 32.3 Å². The van der Waals surface area contributed by atoms with Crippen molar-refractivity contribution in [3.05, 3.63) is 22.4 Å². The summed E-state index contributed by atoms with van der Waals surface area (Å²) in [6.45, 7) is 3.66. The molecule has 2 atom stereocenters. The van der Waals surface area contributed by atoms with E-state index in [0.29, 0.717) is 12.0 Å². The van der Waals surface area contributed by atoms with Crippen molar-refractivity contribution < 1.29 is 4.74 Å². The van der Waals surface area contributed by atoms with Gasteiger partial charge in [0.15, 0.2) is 0 Å². The minimum absolute atomic E-state index is 0.495. The molecule has 2 heterocycles. The Bertz CT molecular complexity index is 372. The maximum absolute atomic E-state index is 6.11. The highest BCUT2D eigenvalue weighted by atomic mass is 32.1. The van der Waals surface area contributed by atoms with Gasteiger partial charge in [-0.25, -0.2) is 0 Å². The first-order valence-electron chi connectivity index (χ1n) is 7.44. The third-order valence-corrected chi connectivity index (χ3v) is 5.20. The molecule has 0 spiro atoms. The van der Waals surface area contributed by atoms with Crippen LogP contribution in [-0.4, -0.2) is 36.7 Å². The normalized spacial score (nSPS) is 25.7. The predicted molar refractivity (Wildman–Crippen MR) is 79.3 cm³/mol. The molecular weight excluding hydrogens is 256 g/mol. The van der Waals surface area contributed by atoms with Crippen molar-refractivity contribution >= 4 is 11.3 Å². The molecule has 2 aliphatic rings. The highest BCUT2D eigenvalue weighted by molar-refractivity contribution is 7.09. The number of nitrogens with zero attached hydrogens (tertiary/aromatic N) is 1. The smallest absolute Gasteiger partial charge is 0.0509 e. The average Bonchev–Trinajstić information content (AvgIpc) is 3.17. The molecular formula is C15H24N2OS. The van der Waals surface area contributed by atoms with Crippen molar-refractivity contribution in [3.8, 4) is 0 Å². The second-order valence-corrected chi connectivity index (χ2v) is 6.80. The Balaban J connectivity index is 1.69. The highest BCUT2D eigenvalue weighted by Crippen LogP contribution is 2.34. The molecule has 1 aliphatic carbocycles. The zero-order valence-corrected chi connectivity index (χ0v) is 12.3.